The van der Waals surface area contributed by atoms with E-state index in [-0.39, 0.29) is 42.3 Å². The summed E-state index contributed by atoms with van der Waals surface area (Å²) in [6, 6.07) is -0.808. The van der Waals surface area contributed by atoms with Gasteiger partial charge in [-0.3, -0.25) is 9.59 Å². The van der Waals surface area contributed by atoms with E-state index in [9.17, 15) is 18.0 Å². The predicted molar refractivity (Wildman–Crippen MR) is 77.0 cm³/mol. The van der Waals surface area contributed by atoms with E-state index in [4.69, 9.17) is 0 Å². The Morgan fingerprint density at radius 3 is 2.45 bits per heavy atom. The summed E-state index contributed by atoms with van der Waals surface area (Å²) < 4.78 is 23.5. The minimum Gasteiger partial charge on any atom is -0.344 e. The van der Waals surface area contributed by atoms with Crippen LogP contribution >= 0.6 is 0 Å². The van der Waals surface area contributed by atoms with Crippen LogP contribution in [0, 0.1) is 0 Å². The minimum absolute atomic E-state index is 0.0401. The molecular formula is C13H24N2O4S. The van der Waals surface area contributed by atoms with Crippen molar-refractivity contribution in [3.63, 3.8) is 0 Å². The zero-order valence-electron chi connectivity index (χ0n) is 12.4. The molecular weight excluding hydrogens is 280 g/mol. The fraction of sp³-hybridized carbons (Fsp3) is 0.846. The molecule has 2 atom stereocenters. The van der Waals surface area contributed by atoms with Crippen LogP contribution in [0.4, 0.5) is 0 Å². The van der Waals surface area contributed by atoms with Gasteiger partial charge in [0.05, 0.1) is 5.75 Å². The highest BCUT2D eigenvalue weighted by atomic mass is 32.2. The maximum absolute atomic E-state index is 12.3. The van der Waals surface area contributed by atoms with Gasteiger partial charge in [0.2, 0.25) is 11.8 Å². The molecule has 6 nitrogen and oxygen atoms in total. The molecule has 1 fully saturated rings. The lowest BCUT2D eigenvalue weighted by atomic mass is 10.2. The van der Waals surface area contributed by atoms with Crippen molar-refractivity contribution in [2.45, 2.75) is 52.1 Å². The van der Waals surface area contributed by atoms with Crippen LogP contribution in [0.2, 0.25) is 0 Å². The van der Waals surface area contributed by atoms with Gasteiger partial charge in [0.1, 0.15) is 6.04 Å². The molecule has 0 radical (unpaired) electrons. The SMILES string of the molecule is CCCS(=O)(=O)CCN1C(=O)C(CC)NC(=O)CC1C. The smallest absolute Gasteiger partial charge is 0.245 e. The Morgan fingerprint density at radius 1 is 1.25 bits per heavy atom. The van der Waals surface area contributed by atoms with Gasteiger partial charge in [-0.25, -0.2) is 8.42 Å². The highest BCUT2D eigenvalue weighted by Crippen LogP contribution is 2.13. The molecule has 0 saturated carbocycles. The van der Waals surface area contributed by atoms with Crippen molar-refractivity contribution < 1.29 is 18.0 Å². The van der Waals surface area contributed by atoms with Gasteiger partial charge in [-0.1, -0.05) is 13.8 Å². The van der Waals surface area contributed by atoms with Gasteiger partial charge >= 0.3 is 0 Å². The number of nitrogens with one attached hydrogen (secondary N) is 1. The molecule has 20 heavy (non-hydrogen) atoms. The second kappa shape index (κ2) is 7.06. The van der Waals surface area contributed by atoms with E-state index in [0.717, 1.165) is 0 Å². The molecule has 7 heteroatoms. The average molecular weight is 304 g/mol. The van der Waals surface area contributed by atoms with E-state index in [1.807, 2.05) is 13.8 Å². The molecule has 0 bridgehead atoms. The summed E-state index contributed by atoms with van der Waals surface area (Å²) in [5.41, 5.74) is 0. The van der Waals surface area contributed by atoms with E-state index in [0.29, 0.717) is 12.8 Å². The summed E-state index contributed by atoms with van der Waals surface area (Å²) in [6.07, 6.45) is 1.30. The first kappa shape index (κ1) is 16.9. The summed E-state index contributed by atoms with van der Waals surface area (Å²) in [7, 11) is -3.13. The maximum atomic E-state index is 12.3. The van der Waals surface area contributed by atoms with Gasteiger partial charge in [-0.05, 0) is 19.8 Å². The summed E-state index contributed by atoms with van der Waals surface area (Å²) >= 11 is 0. The van der Waals surface area contributed by atoms with Gasteiger partial charge in [0.25, 0.3) is 0 Å². The lowest BCUT2D eigenvalue weighted by Gasteiger charge is -2.28. The van der Waals surface area contributed by atoms with E-state index in [2.05, 4.69) is 5.32 Å². The summed E-state index contributed by atoms with van der Waals surface area (Å²) in [4.78, 5) is 25.5. The molecule has 0 aromatic carbocycles. The first-order valence-corrected chi connectivity index (χ1v) is 8.93. The summed E-state index contributed by atoms with van der Waals surface area (Å²) in [5.74, 6) is -0.242. The third-order valence-corrected chi connectivity index (χ3v) is 5.33. The Labute approximate surface area is 120 Å². The molecule has 1 saturated heterocycles. The van der Waals surface area contributed by atoms with Crippen LogP contribution in [0.1, 0.15) is 40.0 Å². The van der Waals surface area contributed by atoms with Crippen LogP contribution in [0.3, 0.4) is 0 Å². The molecule has 1 N–H and O–H groups in total. The number of carbonyl (C=O) groups excluding carboxylic acids is 2. The van der Waals surface area contributed by atoms with E-state index < -0.39 is 15.9 Å². The Hall–Kier alpha value is -1.11. The Kier molecular flexibility index (Phi) is 5.98. The molecule has 1 heterocycles. The number of rotatable bonds is 6. The number of hydrogen-bond acceptors (Lipinski definition) is 4. The van der Waals surface area contributed by atoms with Crippen molar-refractivity contribution in [3.8, 4) is 0 Å². The molecule has 0 aliphatic carbocycles. The largest absolute Gasteiger partial charge is 0.344 e. The van der Waals surface area contributed by atoms with Crippen LogP contribution in [0.5, 0.6) is 0 Å². The Bertz CT molecular complexity index is 461. The van der Waals surface area contributed by atoms with Gasteiger partial charge in [-0.2, -0.15) is 0 Å². The first-order valence-electron chi connectivity index (χ1n) is 7.11. The number of hydrogen-bond donors (Lipinski definition) is 1. The Morgan fingerprint density at radius 2 is 1.90 bits per heavy atom. The van der Waals surface area contributed by atoms with E-state index >= 15 is 0 Å². The summed E-state index contributed by atoms with van der Waals surface area (Å²) in [5, 5.41) is 2.68. The van der Waals surface area contributed by atoms with Crippen LogP contribution in [0.25, 0.3) is 0 Å². The predicted octanol–water partition coefficient (Wildman–Crippen LogP) is 0.327. The van der Waals surface area contributed by atoms with Crippen LogP contribution in [-0.2, 0) is 19.4 Å². The van der Waals surface area contributed by atoms with Crippen molar-refractivity contribution >= 4 is 21.7 Å². The van der Waals surface area contributed by atoms with Crippen molar-refractivity contribution in [1.29, 1.82) is 0 Å². The fourth-order valence-corrected chi connectivity index (χ4v) is 3.67. The zero-order chi connectivity index (χ0) is 15.3. The third-order valence-electron chi connectivity index (χ3n) is 3.50. The fourth-order valence-electron chi connectivity index (χ4n) is 2.37. The summed E-state index contributed by atoms with van der Waals surface area (Å²) in [6.45, 7) is 5.58. The van der Waals surface area contributed by atoms with E-state index in [1.54, 1.807) is 6.92 Å². The first-order chi connectivity index (χ1) is 9.30. The van der Waals surface area contributed by atoms with Crippen LogP contribution < -0.4 is 5.32 Å². The van der Waals surface area contributed by atoms with E-state index in [1.165, 1.54) is 4.90 Å². The number of sulfone groups is 1. The Balaban J connectivity index is 2.79. The number of amides is 2. The van der Waals surface area contributed by atoms with Gasteiger partial charge in [-0.15, -0.1) is 0 Å². The molecule has 116 valence electrons. The highest BCUT2D eigenvalue weighted by Gasteiger charge is 2.33. The molecule has 0 spiro atoms. The molecule has 1 rings (SSSR count). The second-order valence-electron chi connectivity index (χ2n) is 5.26. The standard InChI is InChI=1S/C13H24N2O4S/c1-4-7-20(18,19)8-6-15-10(3)9-12(16)14-11(5-2)13(15)17/h10-11H,4-9H2,1-3H3,(H,14,16). The van der Waals surface area contributed by atoms with Crippen molar-refractivity contribution in [2.24, 2.45) is 0 Å². The molecule has 1 aliphatic heterocycles. The average Bonchev–Trinajstić information content (AvgIpc) is 2.44. The minimum atomic E-state index is -3.13. The van der Waals surface area contributed by atoms with Crippen molar-refractivity contribution in [1.82, 2.24) is 10.2 Å². The third kappa shape index (κ3) is 4.47. The van der Waals surface area contributed by atoms with Crippen LogP contribution in [-0.4, -0.2) is 55.3 Å². The number of carbonyl (C=O) groups is 2. The maximum Gasteiger partial charge on any atom is 0.245 e. The monoisotopic (exact) mass is 304 g/mol. The lowest BCUT2D eigenvalue weighted by molar-refractivity contribution is -0.134. The molecule has 2 unspecified atom stereocenters. The van der Waals surface area contributed by atoms with Gasteiger partial charge in [0, 0.05) is 24.8 Å². The van der Waals surface area contributed by atoms with Crippen molar-refractivity contribution in [2.75, 3.05) is 18.1 Å². The van der Waals surface area contributed by atoms with Gasteiger partial charge in [0.15, 0.2) is 9.84 Å². The highest BCUT2D eigenvalue weighted by molar-refractivity contribution is 7.91. The van der Waals surface area contributed by atoms with Crippen molar-refractivity contribution in [3.05, 3.63) is 0 Å². The van der Waals surface area contributed by atoms with Crippen LogP contribution in [0.15, 0.2) is 0 Å². The normalized spacial score (nSPS) is 24.4. The quantitative estimate of drug-likeness (QED) is 0.766. The molecule has 0 aromatic rings. The zero-order valence-corrected chi connectivity index (χ0v) is 13.2. The van der Waals surface area contributed by atoms with Gasteiger partial charge < -0.3 is 10.2 Å². The molecule has 0 aromatic heterocycles. The lowest BCUT2D eigenvalue weighted by Crippen LogP contribution is -2.47. The molecule has 1 aliphatic rings. The topological polar surface area (TPSA) is 83.6 Å². The number of nitrogens with zero attached hydrogens (tertiary/aromatic N) is 1. The second-order valence-corrected chi connectivity index (χ2v) is 7.57. The molecule has 2 amide bonds.